The van der Waals surface area contributed by atoms with Crippen molar-refractivity contribution >= 4 is 0 Å². The van der Waals surface area contributed by atoms with Crippen molar-refractivity contribution in [2.45, 2.75) is 26.4 Å². The molecule has 1 aliphatic heterocycles. The summed E-state index contributed by atoms with van der Waals surface area (Å²) < 4.78 is 42.1. The van der Waals surface area contributed by atoms with E-state index < -0.39 is 17.5 Å². The third-order valence-corrected chi connectivity index (χ3v) is 3.70. The van der Waals surface area contributed by atoms with Crippen molar-refractivity contribution in [2.75, 3.05) is 6.54 Å². The second kappa shape index (κ2) is 5.14. The Bertz CT molecular complexity index is 681. The maximum Gasteiger partial charge on any atom is 0.195 e. The smallest absolute Gasteiger partial charge is 0.195 e. The monoisotopic (exact) mass is 296 g/mol. The van der Waals surface area contributed by atoms with Gasteiger partial charge < -0.3 is 9.88 Å². The Balaban J connectivity index is 2.12. The standard InChI is InChI=1S/C14H15F3N4/c1-7(2)12-14-20-19-13(21(14)6-5-18-12)8-3-4-9(15)11(17)10(8)16/h3-4,7,12,18H,5-6H2,1-2H3. The van der Waals surface area contributed by atoms with Crippen LogP contribution in [0.5, 0.6) is 0 Å². The highest BCUT2D eigenvalue weighted by atomic mass is 19.2. The third kappa shape index (κ3) is 2.21. The lowest BCUT2D eigenvalue weighted by Crippen LogP contribution is -2.36. The van der Waals surface area contributed by atoms with Gasteiger partial charge in [0.2, 0.25) is 0 Å². The summed E-state index contributed by atoms with van der Waals surface area (Å²) in [7, 11) is 0. The molecule has 0 amide bonds. The van der Waals surface area contributed by atoms with E-state index in [1.807, 2.05) is 13.8 Å². The second-order valence-corrected chi connectivity index (χ2v) is 5.43. The van der Waals surface area contributed by atoms with Gasteiger partial charge in [0.15, 0.2) is 29.1 Å². The lowest BCUT2D eigenvalue weighted by atomic mass is 10.0. The van der Waals surface area contributed by atoms with E-state index in [0.717, 1.165) is 6.07 Å². The van der Waals surface area contributed by atoms with E-state index in [2.05, 4.69) is 15.5 Å². The van der Waals surface area contributed by atoms with Crippen LogP contribution in [-0.4, -0.2) is 21.3 Å². The first-order valence-electron chi connectivity index (χ1n) is 6.81. The van der Waals surface area contributed by atoms with Crippen LogP contribution in [0, 0.1) is 23.4 Å². The van der Waals surface area contributed by atoms with Crippen molar-refractivity contribution in [1.29, 1.82) is 0 Å². The molecule has 0 saturated carbocycles. The molecule has 0 radical (unpaired) electrons. The number of nitrogens with one attached hydrogen (secondary N) is 1. The van der Waals surface area contributed by atoms with Crippen LogP contribution in [0.25, 0.3) is 11.4 Å². The van der Waals surface area contributed by atoms with Gasteiger partial charge in [0.05, 0.1) is 11.6 Å². The van der Waals surface area contributed by atoms with Crippen molar-refractivity contribution in [3.8, 4) is 11.4 Å². The molecule has 4 nitrogen and oxygen atoms in total. The lowest BCUT2D eigenvalue weighted by molar-refractivity contribution is 0.339. The highest BCUT2D eigenvalue weighted by Crippen LogP contribution is 2.30. The van der Waals surface area contributed by atoms with Gasteiger partial charge in [-0.1, -0.05) is 13.8 Å². The average molecular weight is 296 g/mol. The number of fused-ring (bicyclic) bond motifs is 1. The Kier molecular flexibility index (Phi) is 3.44. The Labute approximate surface area is 120 Å². The van der Waals surface area contributed by atoms with E-state index in [4.69, 9.17) is 0 Å². The summed E-state index contributed by atoms with van der Waals surface area (Å²) in [4.78, 5) is 0. The molecule has 1 aromatic carbocycles. The quantitative estimate of drug-likeness (QED) is 0.866. The molecule has 0 spiro atoms. The molecule has 3 rings (SSSR count). The van der Waals surface area contributed by atoms with Crippen LogP contribution in [0.3, 0.4) is 0 Å². The number of nitrogens with zero attached hydrogens (tertiary/aromatic N) is 3. The molecule has 0 bridgehead atoms. The van der Waals surface area contributed by atoms with Crippen LogP contribution in [0.2, 0.25) is 0 Å². The van der Waals surface area contributed by atoms with Crippen LogP contribution >= 0.6 is 0 Å². The van der Waals surface area contributed by atoms with Crippen LogP contribution in [-0.2, 0) is 6.54 Å². The zero-order valence-corrected chi connectivity index (χ0v) is 11.7. The molecule has 2 aromatic rings. The molecule has 2 heterocycles. The van der Waals surface area contributed by atoms with Crippen molar-refractivity contribution in [2.24, 2.45) is 5.92 Å². The van der Waals surface area contributed by atoms with E-state index in [1.165, 1.54) is 6.07 Å². The first-order chi connectivity index (χ1) is 10.0. The number of benzene rings is 1. The Morgan fingerprint density at radius 3 is 2.67 bits per heavy atom. The zero-order chi connectivity index (χ0) is 15.1. The number of hydrogen-bond donors (Lipinski definition) is 1. The van der Waals surface area contributed by atoms with Crippen LogP contribution in [0.4, 0.5) is 13.2 Å². The summed E-state index contributed by atoms with van der Waals surface area (Å²) in [5, 5.41) is 11.4. The first kappa shape index (κ1) is 14.1. The lowest BCUT2D eigenvalue weighted by Gasteiger charge is -2.27. The topological polar surface area (TPSA) is 42.7 Å². The minimum absolute atomic E-state index is 0.00774. The first-order valence-corrected chi connectivity index (χ1v) is 6.81. The Morgan fingerprint density at radius 2 is 1.95 bits per heavy atom. The van der Waals surface area contributed by atoms with Crippen molar-refractivity contribution in [3.05, 3.63) is 35.4 Å². The van der Waals surface area contributed by atoms with Crippen LogP contribution in [0.15, 0.2) is 12.1 Å². The Morgan fingerprint density at radius 1 is 1.19 bits per heavy atom. The van der Waals surface area contributed by atoms with E-state index >= 15 is 0 Å². The molecule has 0 aliphatic carbocycles. The molecular formula is C14H15F3N4. The third-order valence-electron chi connectivity index (χ3n) is 3.70. The van der Waals surface area contributed by atoms with Gasteiger partial charge in [0.1, 0.15) is 0 Å². The molecule has 1 aliphatic rings. The zero-order valence-electron chi connectivity index (χ0n) is 11.7. The summed E-state index contributed by atoms with van der Waals surface area (Å²) in [6, 6.07) is 2.10. The number of hydrogen-bond acceptors (Lipinski definition) is 3. The SMILES string of the molecule is CC(C)C1NCCn2c(-c3ccc(F)c(F)c3F)nnc21. The molecule has 7 heteroatoms. The van der Waals surface area contributed by atoms with Gasteiger partial charge >= 0.3 is 0 Å². The molecule has 1 atom stereocenters. The van der Waals surface area contributed by atoms with Gasteiger partial charge in [-0.25, -0.2) is 13.2 Å². The van der Waals surface area contributed by atoms with Crippen LogP contribution in [0.1, 0.15) is 25.7 Å². The summed E-state index contributed by atoms with van der Waals surface area (Å²) >= 11 is 0. The average Bonchev–Trinajstić information content (AvgIpc) is 2.88. The summed E-state index contributed by atoms with van der Waals surface area (Å²) in [6.07, 6.45) is 0. The number of halogens is 3. The molecule has 1 aromatic heterocycles. The van der Waals surface area contributed by atoms with Gasteiger partial charge in [-0.05, 0) is 18.1 Å². The Hall–Kier alpha value is -1.89. The molecule has 21 heavy (non-hydrogen) atoms. The predicted molar refractivity (Wildman–Crippen MR) is 70.9 cm³/mol. The predicted octanol–water partition coefficient (Wildman–Crippen LogP) is 2.66. The summed E-state index contributed by atoms with van der Waals surface area (Å²) in [5.74, 6) is -2.72. The fourth-order valence-corrected chi connectivity index (χ4v) is 2.62. The fourth-order valence-electron chi connectivity index (χ4n) is 2.62. The van der Waals surface area contributed by atoms with Crippen LogP contribution < -0.4 is 5.32 Å². The minimum Gasteiger partial charge on any atom is -0.308 e. The maximum absolute atomic E-state index is 13.9. The van der Waals surface area contributed by atoms with Gasteiger partial charge in [0.25, 0.3) is 0 Å². The van der Waals surface area contributed by atoms with Crippen molar-refractivity contribution < 1.29 is 13.2 Å². The second-order valence-electron chi connectivity index (χ2n) is 5.43. The van der Waals surface area contributed by atoms with Crippen molar-refractivity contribution in [3.63, 3.8) is 0 Å². The van der Waals surface area contributed by atoms with Gasteiger partial charge in [-0.3, -0.25) is 0 Å². The number of aromatic nitrogens is 3. The molecule has 112 valence electrons. The number of rotatable bonds is 2. The maximum atomic E-state index is 13.9. The normalized spacial score (nSPS) is 18.1. The van der Waals surface area contributed by atoms with E-state index in [-0.39, 0.29) is 23.3 Å². The van der Waals surface area contributed by atoms with Gasteiger partial charge in [0, 0.05) is 13.1 Å². The van der Waals surface area contributed by atoms with E-state index in [9.17, 15) is 13.2 Å². The van der Waals surface area contributed by atoms with E-state index in [1.54, 1.807) is 4.57 Å². The summed E-state index contributed by atoms with van der Waals surface area (Å²) in [6.45, 7) is 5.32. The van der Waals surface area contributed by atoms with Gasteiger partial charge in [-0.2, -0.15) is 0 Å². The molecule has 0 fully saturated rings. The highest BCUT2D eigenvalue weighted by Gasteiger charge is 2.29. The highest BCUT2D eigenvalue weighted by molar-refractivity contribution is 5.57. The van der Waals surface area contributed by atoms with E-state index in [0.29, 0.717) is 18.9 Å². The largest absolute Gasteiger partial charge is 0.308 e. The minimum atomic E-state index is -1.49. The van der Waals surface area contributed by atoms with Gasteiger partial charge in [-0.15, -0.1) is 10.2 Å². The molecule has 1 unspecified atom stereocenters. The molecule has 1 N–H and O–H groups in total. The van der Waals surface area contributed by atoms with Crippen molar-refractivity contribution in [1.82, 2.24) is 20.1 Å². The fraction of sp³-hybridized carbons (Fsp3) is 0.429. The summed E-state index contributed by atoms with van der Waals surface area (Å²) in [5.41, 5.74) is -0.0722. The molecule has 0 saturated heterocycles. The molecular weight excluding hydrogens is 281 g/mol.